The highest BCUT2D eigenvalue weighted by molar-refractivity contribution is 5.28. The van der Waals surface area contributed by atoms with E-state index in [4.69, 9.17) is 5.84 Å². The lowest BCUT2D eigenvalue weighted by molar-refractivity contribution is -0.00807. The van der Waals surface area contributed by atoms with E-state index in [1.165, 1.54) is 0 Å². The molecule has 2 heterocycles. The van der Waals surface area contributed by atoms with E-state index in [1.54, 1.807) is 11.1 Å². The van der Waals surface area contributed by atoms with Gasteiger partial charge in [-0.25, -0.2) is 5.01 Å². The van der Waals surface area contributed by atoms with Crippen molar-refractivity contribution in [3.05, 3.63) is 11.1 Å². The van der Waals surface area contributed by atoms with E-state index < -0.39 is 0 Å². The van der Waals surface area contributed by atoms with Gasteiger partial charge in [0.2, 0.25) is 0 Å². The first-order valence-corrected chi connectivity index (χ1v) is 8.28. The molecule has 0 spiro atoms. The first kappa shape index (κ1) is 17.0. The number of rotatable bonds is 0. The Bertz CT molecular complexity index is 417. The summed E-state index contributed by atoms with van der Waals surface area (Å²) in [6.45, 7) is 18.4. The zero-order chi connectivity index (χ0) is 16.3. The molecule has 122 valence electrons. The van der Waals surface area contributed by atoms with Gasteiger partial charge in [-0.2, -0.15) is 0 Å². The minimum absolute atomic E-state index is 0.0310. The Morgan fingerprint density at radius 1 is 0.714 bits per heavy atom. The van der Waals surface area contributed by atoms with Crippen LogP contribution in [0.3, 0.4) is 0 Å². The molecule has 0 amide bonds. The van der Waals surface area contributed by atoms with Crippen molar-refractivity contribution in [3.63, 3.8) is 0 Å². The van der Waals surface area contributed by atoms with Crippen molar-refractivity contribution in [1.29, 1.82) is 0 Å². The minimum atomic E-state index is 0.0310. The van der Waals surface area contributed by atoms with Gasteiger partial charge in [-0.05, 0) is 81.1 Å². The number of nitrogens with one attached hydrogen (secondary N) is 1. The highest BCUT2D eigenvalue weighted by Crippen LogP contribution is 2.44. The van der Waals surface area contributed by atoms with Crippen LogP contribution in [-0.2, 0) is 0 Å². The predicted molar refractivity (Wildman–Crippen MR) is 91.0 cm³/mol. The molecule has 2 rings (SSSR count). The van der Waals surface area contributed by atoms with Crippen molar-refractivity contribution in [2.45, 2.75) is 103 Å². The molecule has 0 atom stereocenters. The van der Waals surface area contributed by atoms with Gasteiger partial charge in [0.05, 0.1) is 0 Å². The molecule has 21 heavy (non-hydrogen) atoms. The third-order valence-corrected chi connectivity index (χ3v) is 5.08. The van der Waals surface area contributed by atoms with Gasteiger partial charge in [-0.3, -0.25) is 5.84 Å². The maximum absolute atomic E-state index is 6.39. The van der Waals surface area contributed by atoms with Crippen molar-refractivity contribution in [1.82, 2.24) is 10.3 Å². The third kappa shape index (κ3) is 3.52. The predicted octanol–water partition coefficient (Wildman–Crippen LogP) is 3.75. The van der Waals surface area contributed by atoms with E-state index in [9.17, 15) is 0 Å². The molecule has 0 aromatic rings. The van der Waals surface area contributed by atoms with Crippen molar-refractivity contribution in [2.75, 3.05) is 0 Å². The number of nitrogens with two attached hydrogens (primary N) is 1. The van der Waals surface area contributed by atoms with Crippen LogP contribution in [0, 0.1) is 0 Å². The second-order valence-electron chi connectivity index (χ2n) is 9.80. The van der Waals surface area contributed by atoms with E-state index in [-0.39, 0.29) is 22.2 Å². The zero-order valence-electron chi connectivity index (χ0n) is 15.4. The van der Waals surface area contributed by atoms with Gasteiger partial charge in [0, 0.05) is 22.2 Å². The lowest BCUT2D eigenvalue weighted by atomic mass is 9.71. The van der Waals surface area contributed by atoms with Crippen molar-refractivity contribution in [2.24, 2.45) is 5.84 Å². The van der Waals surface area contributed by atoms with E-state index in [2.05, 4.69) is 65.7 Å². The SMILES string of the molecule is CC1(C)CC(=C2CC(C)(C)N(N)C(C)(C)C2)CC(C)(C)N1. The van der Waals surface area contributed by atoms with Gasteiger partial charge < -0.3 is 5.32 Å². The Morgan fingerprint density at radius 3 is 1.43 bits per heavy atom. The maximum Gasteiger partial charge on any atom is 0.0338 e. The number of nitrogens with zero attached hydrogens (tertiary/aromatic N) is 1. The van der Waals surface area contributed by atoms with Gasteiger partial charge in [0.25, 0.3) is 0 Å². The van der Waals surface area contributed by atoms with Gasteiger partial charge in [-0.15, -0.1) is 0 Å². The van der Waals surface area contributed by atoms with Crippen LogP contribution in [0.4, 0.5) is 0 Å². The topological polar surface area (TPSA) is 41.3 Å². The maximum atomic E-state index is 6.39. The molecular weight excluding hydrogens is 258 g/mol. The van der Waals surface area contributed by atoms with Crippen LogP contribution in [0.5, 0.6) is 0 Å². The lowest BCUT2D eigenvalue weighted by Gasteiger charge is -2.53. The second kappa shape index (κ2) is 4.81. The summed E-state index contributed by atoms with van der Waals surface area (Å²) in [5, 5.41) is 5.85. The van der Waals surface area contributed by atoms with Crippen molar-refractivity contribution >= 4 is 0 Å². The smallest absolute Gasteiger partial charge is 0.0338 e. The molecule has 0 bridgehead atoms. The zero-order valence-corrected chi connectivity index (χ0v) is 15.4. The summed E-state index contributed by atoms with van der Waals surface area (Å²) in [6, 6.07) is 0. The first-order valence-electron chi connectivity index (χ1n) is 8.28. The Balaban J connectivity index is 2.39. The average Bonchev–Trinajstić information content (AvgIpc) is 2.20. The Labute approximate surface area is 131 Å². The Hall–Kier alpha value is -0.380. The van der Waals surface area contributed by atoms with Crippen molar-refractivity contribution < 1.29 is 0 Å². The molecular formula is C18H35N3. The number of hydrogen-bond acceptors (Lipinski definition) is 3. The summed E-state index contributed by atoms with van der Waals surface area (Å²) in [4.78, 5) is 0. The summed E-state index contributed by atoms with van der Waals surface area (Å²) in [5.74, 6) is 6.39. The molecule has 3 nitrogen and oxygen atoms in total. The van der Waals surface area contributed by atoms with Crippen LogP contribution in [0.1, 0.15) is 81.1 Å². The highest BCUT2D eigenvalue weighted by atomic mass is 15.5. The fourth-order valence-electron chi connectivity index (χ4n) is 4.73. The van der Waals surface area contributed by atoms with Gasteiger partial charge in [0.15, 0.2) is 0 Å². The fraction of sp³-hybridized carbons (Fsp3) is 0.889. The van der Waals surface area contributed by atoms with Crippen LogP contribution in [0.25, 0.3) is 0 Å². The Kier molecular flexibility index (Phi) is 3.89. The van der Waals surface area contributed by atoms with Crippen LogP contribution in [0.2, 0.25) is 0 Å². The molecule has 0 aromatic carbocycles. The van der Waals surface area contributed by atoms with E-state index in [1.807, 2.05) is 0 Å². The lowest BCUT2D eigenvalue weighted by Crippen LogP contribution is -2.63. The number of hydrazine groups is 1. The summed E-state index contributed by atoms with van der Waals surface area (Å²) in [6.07, 6.45) is 4.49. The number of piperidine rings is 2. The molecule has 3 N–H and O–H groups in total. The quantitative estimate of drug-likeness (QED) is 0.528. The molecule has 0 radical (unpaired) electrons. The fourth-order valence-corrected chi connectivity index (χ4v) is 4.73. The minimum Gasteiger partial charge on any atom is -0.306 e. The van der Waals surface area contributed by atoms with Crippen LogP contribution < -0.4 is 11.2 Å². The summed E-state index contributed by atoms with van der Waals surface area (Å²) in [5.41, 5.74) is 3.73. The van der Waals surface area contributed by atoms with Crippen LogP contribution in [-0.4, -0.2) is 27.2 Å². The molecule has 0 aliphatic carbocycles. The monoisotopic (exact) mass is 293 g/mol. The Morgan fingerprint density at radius 2 is 1.05 bits per heavy atom. The van der Waals surface area contributed by atoms with Crippen molar-refractivity contribution in [3.8, 4) is 0 Å². The van der Waals surface area contributed by atoms with Gasteiger partial charge >= 0.3 is 0 Å². The molecule has 2 aliphatic rings. The van der Waals surface area contributed by atoms with Gasteiger partial charge in [-0.1, -0.05) is 11.1 Å². The standard InChI is InChI=1S/C18H35N3/c1-15(2)9-13(10-16(3,4)20-15)14-11-17(5,6)21(19)18(7,8)12-14/h20H,9-12,19H2,1-8H3. The van der Waals surface area contributed by atoms with Crippen LogP contribution >= 0.6 is 0 Å². The number of hydrogen-bond donors (Lipinski definition) is 2. The molecule has 0 saturated carbocycles. The molecule has 0 unspecified atom stereocenters. The second-order valence-corrected chi connectivity index (χ2v) is 9.80. The largest absolute Gasteiger partial charge is 0.306 e. The molecule has 2 fully saturated rings. The molecule has 3 heteroatoms. The molecule has 2 saturated heterocycles. The van der Waals surface area contributed by atoms with E-state index in [0.29, 0.717) is 0 Å². The van der Waals surface area contributed by atoms with E-state index in [0.717, 1.165) is 25.7 Å². The molecule has 2 aliphatic heterocycles. The molecule has 0 aromatic heterocycles. The van der Waals surface area contributed by atoms with Gasteiger partial charge in [0.1, 0.15) is 0 Å². The summed E-state index contributed by atoms with van der Waals surface area (Å²) >= 11 is 0. The normalized spacial score (nSPS) is 31.3. The first-order chi connectivity index (χ1) is 9.24. The van der Waals surface area contributed by atoms with Crippen LogP contribution in [0.15, 0.2) is 11.1 Å². The average molecular weight is 293 g/mol. The highest BCUT2D eigenvalue weighted by Gasteiger charge is 2.44. The summed E-state index contributed by atoms with van der Waals surface area (Å²) in [7, 11) is 0. The summed E-state index contributed by atoms with van der Waals surface area (Å²) < 4.78 is 0. The third-order valence-electron chi connectivity index (χ3n) is 5.08. The van der Waals surface area contributed by atoms with E-state index >= 15 is 0 Å².